The van der Waals surface area contributed by atoms with Gasteiger partial charge >= 0.3 is 0 Å². The van der Waals surface area contributed by atoms with Gasteiger partial charge in [-0.2, -0.15) is 0 Å². The van der Waals surface area contributed by atoms with Gasteiger partial charge in [-0.1, -0.05) is 219 Å². The summed E-state index contributed by atoms with van der Waals surface area (Å²) in [4.78, 5) is 21.2. The Hall–Kier alpha value is -1.06. The molecule has 0 heterocycles. The maximum Gasteiger partial charge on any atom is 0.217 e. The SMILES string of the molecule is CCCCCCCCCCCCCCCCCCCC(N)=O.CCCCCCCCCCCCCCCCCCCC(N)=O. The summed E-state index contributed by atoms with van der Waals surface area (Å²) in [6.07, 6.45) is 47.7. The predicted octanol–water partition coefficient (Wildman–Crippen LogP) is 13.0. The smallest absolute Gasteiger partial charge is 0.217 e. The minimum Gasteiger partial charge on any atom is -0.370 e. The van der Waals surface area contributed by atoms with Gasteiger partial charge < -0.3 is 11.5 Å². The topological polar surface area (TPSA) is 86.2 Å². The van der Waals surface area contributed by atoms with E-state index in [0.29, 0.717) is 12.8 Å². The van der Waals surface area contributed by atoms with Crippen molar-refractivity contribution in [3.8, 4) is 0 Å². The molecule has 44 heavy (non-hydrogen) atoms. The molecule has 4 nitrogen and oxygen atoms in total. The largest absolute Gasteiger partial charge is 0.370 e. The van der Waals surface area contributed by atoms with Crippen LogP contribution in [-0.4, -0.2) is 11.8 Å². The lowest BCUT2D eigenvalue weighted by Gasteiger charge is -2.03. The standard InChI is InChI=1S/2C20H41NO/c2*1-2-3-4-5-6-7-8-9-10-11-12-13-14-15-16-17-18-19-20(21)22/h2*2-19H2,1H3,(H2,21,22). The number of rotatable bonds is 36. The molecule has 0 aromatic carbocycles. The van der Waals surface area contributed by atoms with E-state index >= 15 is 0 Å². The average Bonchev–Trinajstić information content (AvgIpc) is 3.00. The third-order valence-electron chi connectivity index (χ3n) is 9.05. The fourth-order valence-electron chi connectivity index (χ4n) is 6.05. The molecule has 0 unspecified atom stereocenters. The second kappa shape index (κ2) is 41.9. The summed E-state index contributed by atoms with van der Waals surface area (Å²) in [7, 11) is 0. The lowest BCUT2D eigenvalue weighted by molar-refractivity contribution is -0.119. The van der Waals surface area contributed by atoms with Gasteiger partial charge in [0.1, 0.15) is 0 Å². The van der Waals surface area contributed by atoms with Crippen LogP contribution in [0.5, 0.6) is 0 Å². The van der Waals surface area contributed by atoms with Crippen LogP contribution >= 0.6 is 0 Å². The fourth-order valence-corrected chi connectivity index (χ4v) is 6.05. The monoisotopic (exact) mass is 623 g/mol. The zero-order valence-electron chi connectivity index (χ0n) is 30.4. The summed E-state index contributed by atoms with van der Waals surface area (Å²) in [5.74, 6) is -0.304. The van der Waals surface area contributed by atoms with Gasteiger partial charge in [-0.15, -0.1) is 0 Å². The molecule has 4 heteroatoms. The fraction of sp³-hybridized carbons (Fsp3) is 0.950. The van der Waals surface area contributed by atoms with Gasteiger partial charge in [0.25, 0.3) is 0 Å². The van der Waals surface area contributed by atoms with Crippen LogP contribution in [0, 0.1) is 0 Å². The first-order valence-corrected chi connectivity index (χ1v) is 20.1. The Bertz CT molecular complexity index is 503. The maximum absolute atomic E-state index is 10.6. The van der Waals surface area contributed by atoms with Crippen molar-refractivity contribution in [2.45, 2.75) is 245 Å². The summed E-state index contributed by atoms with van der Waals surface area (Å²) in [6, 6.07) is 0. The molecule has 0 atom stereocenters. The van der Waals surface area contributed by atoms with Crippen LogP contribution in [0.25, 0.3) is 0 Å². The van der Waals surface area contributed by atoms with Crippen LogP contribution in [0.2, 0.25) is 0 Å². The highest BCUT2D eigenvalue weighted by molar-refractivity contribution is 5.73. The van der Waals surface area contributed by atoms with E-state index in [1.54, 1.807) is 0 Å². The number of nitrogens with two attached hydrogens (primary N) is 2. The third-order valence-corrected chi connectivity index (χ3v) is 9.05. The number of carbonyl (C=O) groups is 2. The first-order valence-electron chi connectivity index (χ1n) is 20.1. The summed E-state index contributed by atoms with van der Waals surface area (Å²) in [5.41, 5.74) is 10.2. The van der Waals surface area contributed by atoms with Crippen molar-refractivity contribution in [2.75, 3.05) is 0 Å². The highest BCUT2D eigenvalue weighted by atomic mass is 16.1. The molecule has 0 aliphatic heterocycles. The second-order valence-electron chi connectivity index (χ2n) is 13.7. The molecule has 0 rings (SSSR count). The highest BCUT2D eigenvalue weighted by Gasteiger charge is 1.98. The van der Waals surface area contributed by atoms with Crippen LogP contribution in [-0.2, 0) is 9.59 Å². The average molecular weight is 623 g/mol. The van der Waals surface area contributed by atoms with Crippen molar-refractivity contribution >= 4 is 11.8 Å². The van der Waals surface area contributed by atoms with Gasteiger partial charge in [0, 0.05) is 12.8 Å². The summed E-state index contributed by atoms with van der Waals surface area (Å²) in [5, 5.41) is 0. The molecular formula is C40H82N2O2. The van der Waals surface area contributed by atoms with Crippen molar-refractivity contribution in [1.29, 1.82) is 0 Å². The van der Waals surface area contributed by atoms with E-state index < -0.39 is 0 Å². The van der Waals surface area contributed by atoms with Gasteiger partial charge in [0.15, 0.2) is 0 Å². The first kappa shape index (κ1) is 45.1. The number of carbonyl (C=O) groups excluding carboxylic acids is 2. The zero-order chi connectivity index (χ0) is 32.6. The number of hydrogen-bond donors (Lipinski definition) is 2. The number of unbranched alkanes of at least 4 members (excludes halogenated alkanes) is 32. The molecule has 2 amide bonds. The molecule has 0 saturated carbocycles. The van der Waals surface area contributed by atoms with E-state index in [1.165, 1.54) is 205 Å². The van der Waals surface area contributed by atoms with E-state index in [-0.39, 0.29) is 11.8 Å². The van der Waals surface area contributed by atoms with Crippen LogP contribution in [0.1, 0.15) is 245 Å². The Labute approximate surface area is 277 Å². The van der Waals surface area contributed by atoms with Crippen molar-refractivity contribution < 1.29 is 9.59 Å². The number of primary amides is 2. The normalized spacial score (nSPS) is 11.0. The van der Waals surface area contributed by atoms with Gasteiger partial charge in [-0.05, 0) is 12.8 Å². The molecule has 0 spiro atoms. The Morgan fingerprint density at radius 3 is 0.545 bits per heavy atom. The van der Waals surface area contributed by atoms with Gasteiger partial charge in [0.05, 0.1) is 0 Å². The number of hydrogen-bond acceptors (Lipinski definition) is 2. The Morgan fingerprint density at radius 1 is 0.273 bits per heavy atom. The molecular weight excluding hydrogens is 540 g/mol. The lowest BCUT2D eigenvalue weighted by Crippen LogP contribution is -2.09. The predicted molar refractivity (Wildman–Crippen MR) is 196 cm³/mol. The molecule has 0 aliphatic rings. The lowest BCUT2D eigenvalue weighted by atomic mass is 10.0. The van der Waals surface area contributed by atoms with Crippen molar-refractivity contribution in [3.63, 3.8) is 0 Å². The highest BCUT2D eigenvalue weighted by Crippen LogP contribution is 2.15. The van der Waals surface area contributed by atoms with E-state index in [2.05, 4.69) is 13.8 Å². The van der Waals surface area contributed by atoms with E-state index in [4.69, 9.17) is 11.5 Å². The Kier molecular flexibility index (Phi) is 43.0. The molecule has 0 saturated heterocycles. The van der Waals surface area contributed by atoms with Crippen molar-refractivity contribution in [1.82, 2.24) is 0 Å². The summed E-state index contributed by atoms with van der Waals surface area (Å²) < 4.78 is 0. The van der Waals surface area contributed by atoms with Crippen LogP contribution in [0.4, 0.5) is 0 Å². The third kappa shape index (κ3) is 47.9. The van der Waals surface area contributed by atoms with E-state index in [1.807, 2.05) is 0 Å². The minimum atomic E-state index is -0.152. The summed E-state index contributed by atoms with van der Waals surface area (Å²) >= 11 is 0. The molecule has 264 valence electrons. The minimum absolute atomic E-state index is 0.152. The molecule has 0 aromatic heterocycles. The molecule has 0 aromatic rings. The van der Waals surface area contributed by atoms with Crippen LogP contribution in [0.15, 0.2) is 0 Å². The quantitative estimate of drug-likeness (QED) is 0.0681. The Balaban J connectivity index is 0. The van der Waals surface area contributed by atoms with Crippen molar-refractivity contribution in [2.24, 2.45) is 11.5 Å². The molecule has 0 bridgehead atoms. The molecule has 0 aliphatic carbocycles. The van der Waals surface area contributed by atoms with Crippen LogP contribution < -0.4 is 11.5 Å². The van der Waals surface area contributed by atoms with Gasteiger partial charge in [-0.25, -0.2) is 0 Å². The van der Waals surface area contributed by atoms with E-state index in [9.17, 15) is 9.59 Å². The van der Waals surface area contributed by atoms with Crippen molar-refractivity contribution in [3.05, 3.63) is 0 Å². The number of amides is 2. The van der Waals surface area contributed by atoms with Gasteiger partial charge in [-0.3, -0.25) is 9.59 Å². The Morgan fingerprint density at radius 2 is 0.409 bits per heavy atom. The van der Waals surface area contributed by atoms with E-state index in [0.717, 1.165) is 12.8 Å². The maximum atomic E-state index is 10.6. The molecule has 4 N–H and O–H groups in total. The summed E-state index contributed by atoms with van der Waals surface area (Å²) in [6.45, 7) is 4.56. The van der Waals surface area contributed by atoms with Crippen LogP contribution in [0.3, 0.4) is 0 Å². The molecule has 0 fully saturated rings. The zero-order valence-corrected chi connectivity index (χ0v) is 30.4. The first-order chi connectivity index (χ1) is 21.5. The molecule has 0 radical (unpaired) electrons. The van der Waals surface area contributed by atoms with Gasteiger partial charge in [0.2, 0.25) is 11.8 Å². The second-order valence-corrected chi connectivity index (χ2v) is 13.7.